The largest absolute Gasteiger partial charge is 0.240 e. The molecule has 0 N–H and O–H groups in total. The number of aromatic nitrogens is 4. The molecule has 0 unspecified atom stereocenters. The first-order chi connectivity index (χ1) is 6.79. The van der Waals surface area contributed by atoms with Gasteiger partial charge in [0.2, 0.25) is 5.65 Å². The molecule has 2 aromatic heterocycles. The van der Waals surface area contributed by atoms with E-state index in [0.29, 0.717) is 11.7 Å². The van der Waals surface area contributed by atoms with Crippen LogP contribution in [-0.2, 0) is 0 Å². The van der Waals surface area contributed by atoms with Gasteiger partial charge in [0.25, 0.3) is 0 Å². The smallest absolute Gasteiger partial charge is 0.201 e. The molecule has 0 saturated heterocycles. The fourth-order valence-corrected chi connectivity index (χ4v) is 1.16. The summed E-state index contributed by atoms with van der Waals surface area (Å²) in [6, 6.07) is 4.20. The lowest BCUT2D eigenvalue weighted by atomic mass is 10.3. The lowest BCUT2D eigenvalue weighted by molar-refractivity contribution is 0.530. The van der Waals surface area contributed by atoms with E-state index in [-0.39, 0.29) is 0 Å². The van der Waals surface area contributed by atoms with E-state index >= 15 is 0 Å². The normalized spacial score (nSPS) is 10.1. The zero-order chi connectivity index (χ0) is 10.6. The van der Waals surface area contributed by atoms with Crippen LogP contribution in [-0.4, -0.2) is 20.0 Å². The Labute approximate surface area is 84.0 Å². The Hall–Kier alpha value is -1.45. The quantitative estimate of drug-likeness (QED) is 0.697. The van der Waals surface area contributed by atoms with Crippen LogP contribution in [0.5, 0.6) is 0 Å². The fourth-order valence-electron chi connectivity index (χ4n) is 1.16. The first kappa shape index (κ1) is 10.6. The van der Waals surface area contributed by atoms with Crippen LogP contribution in [0.2, 0.25) is 0 Å². The summed E-state index contributed by atoms with van der Waals surface area (Å²) in [4.78, 5) is 4.09. The van der Waals surface area contributed by atoms with Crippen LogP contribution in [0.1, 0.15) is 33.7 Å². The fraction of sp³-hybridized carbons (Fsp3) is 0.500. The molecule has 2 heterocycles. The van der Waals surface area contributed by atoms with Crippen LogP contribution in [0.15, 0.2) is 18.3 Å². The van der Waals surface area contributed by atoms with Crippen molar-refractivity contribution >= 4 is 11.2 Å². The van der Waals surface area contributed by atoms with Crippen LogP contribution < -0.4 is 0 Å². The molecule has 14 heavy (non-hydrogen) atoms. The Morgan fingerprint density at radius 2 is 2.00 bits per heavy atom. The van der Waals surface area contributed by atoms with Gasteiger partial charge in [0.05, 0.1) is 0 Å². The number of rotatable bonds is 1. The summed E-state index contributed by atoms with van der Waals surface area (Å²) in [7, 11) is 0. The van der Waals surface area contributed by atoms with E-state index in [1.54, 1.807) is 6.20 Å². The third-order valence-electron chi connectivity index (χ3n) is 1.74. The molecule has 0 saturated carbocycles. The van der Waals surface area contributed by atoms with E-state index in [0.717, 1.165) is 5.52 Å². The molecular formula is C10H16N4. The van der Waals surface area contributed by atoms with Gasteiger partial charge in [0.15, 0.2) is 0 Å². The Morgan fingerprint density at radius 3 is 2.64 bits per heavy atom. The van der Waals surface area contributed by atoms with Crippen LogP contribution in [0.25, 0.3) is 11.2 Å². The van der Waals surface area contributed by atoms with Crippen molar-refractivity contribution in [2.24, 2.45) is 0 Å². The van der Waals surface area contributed by atoms with Gasteiger partial charge in [-0.15, -0.1) is 5.10 Å². The summed E-state index contributed by atoms with van der Waals surface area (Å²) in [5.74, 6) is 0. The number of pyridine rings is 1. The SMILES string of the molecule is CC.CC(C)n1nnc2ncccc21. The van der Waals surface area contributed by atoms with E-state index in [1.165, 1.54) is 0 Å². The molecule has 0 bridgehead atoms. The van der Waals surface area contributed by atoms with Gasteiger partial charge in [-0.1, -0.05) is 19.1 Å². The summed E-state index contributed by atoms with van der Waals surface area (Å²) in [5, 5.41) is 7.94. The standard InChI is InChI=1S/C8H10N4.C2H6/c1-6(2)12-7-4-3-5-9-8(7)10-11-12;1-2/h3-6H,1-2H3;1-2H3. The minimum Gasteiger partial charge on any atom is -0.240 e. The molecule has 4 heteroatoms. The number of hydrogen-bond donors (Lipinski definition) is 0. The van der Waals surface area contributed by atoms with Crippen molar-refractivity contribution in [1.82, 2.24) is 20.0 Å². The van der Waals surface area contributed by atoms with Crippen molar-refractivity contribution < 1.29 is 0 Å². The lowest BCUT2D eigenvalue weighted by Gasteiger charge is -2.03. The van der Waals surface area contributed by atoms with Gasteiger partial charge < -0.3 is 0 Å². The predicted octanol–water partition coefficient (Wildman–Crippen LogP) is 2.43. The zero-order valence-corrected chi connectivity index (χ0v) is 9.10. The van der Waals surface area contributed by atoms with Crippen molar-refractivity contribution in [2.75, 3.05) is 0 Å². The lowest BCUT2D eigenvalue weighted by Crippen LogP contribution is -2.02. The third kappa shape index (κ3) is 1.89. The summed E-state index contributed by atoms with van der Waals surface area (Å²) in [6.45, 7) is 8.14. The molecule has 0 aromatic carbocycles. The van der Waals surface area contributed by atoms with E-state index in [9.17, 15) is 0 Å². The third-order valence-corrected chi connectivity index (χ3v) is 1.74. The molecular weight excluding hydrogens is 176 g/mol. The summed E-state index contributed by atoms with van der Waals surface area (Å²) >= 11 is 0. The molecule has 0 radical (unpaired) electrons. The van der Waals surface area contributed by atoms with E-state index in [4.69, 9.17) is 0 Å². The Morgan fingerprint density at radius 1 is 1.29 bits per heavy atom. The van der Waals surface area contributed by atoms with Gasteiger partial charge in [-0.2, -0.15) is 0 Å². The van der Waals surface area contributed by atoms with Crippen LogP contribution in [0, 0.1) is 0 Å². The van der Waals surface area contributed by atoms with Crippen molar-refractivity contribution in [2.45, 2.75) is 33.7 Å². The van der Waals surface area contributed by atoms with Gasteiger partial charge in [0.1, 0.15) is 5.52 Å². The first-order valence-corrected chi connectivity index (χ1v) is 4.95. The molecule has 0 aliphatic heterocycles. The number of fused-ring (bicyclic) bond motifs is 1. The molecule has 2 aromatic rings. The molecule has 0 atom stereocenters. The summed E-state index contributed by atoms with van der Waals surface area (Å²) in [6.07, 6.45) is 1.72. The van der Waals surface area contributed by atoms with Crippen LogP contribution in [0.3, 0.4) is 0 Å². The zero-order valence-electron chi connectivity index (χ0n) is 9.10. The van der Waals surface area contributed by atoms with Gasteiger partial charge in [-0.25, -0.2) is 9.67 Å². The summed E-state index contributed by atoms with van der Waals surface area (Å²) in [5.41, 5.74) is 1.71. The molecule has 0 amide bonds. The maximum atomic E-state index is 4.09. The van der Waals surface area contributed by atoms with Crippen molar-refractivity contribution in [3.8, 4) is 0 Å². The number of nitrogens with zero attached hydrogens (tertiary/aromatic N) is 4. The highest BCUT2D eigenvalue weighted by Gasteiger charge is 2.05. The summed E-state index contributed by atoms with van der Waals surface area (Å²) < 4.78 is 1.86. The minimum absolute atomic E-state index is 0.333. The first-order valence-electron chi connectivity index (χ1n) is 4.95. The predicted molar refractivity (Wildman–Crippen MR) is 57.1 cm³/mol. The van der Waals surface area contributed by atoms with Crippen molar-refractivity contribution in [3.05, 3.63) is 18.3 Å². The topological polar surface area (TPSA) is 43.6 Å². The average molecular weight is 192 g/mol. The molecule has 76 valence electrons. The second-order valence-electron chi connectivity index (χ2n) is 2.97. The Bertz CT molecular complexity index is 392. The average Bonchev–Trinajstić information content (AvgIpc) is 2.64. The highest BCUT2D eigenvalue weighted by molar-refractivity contribution is 5.68. The van der Waals surface area contributed by atoms with E-state index < -0.39 is 0 Å². The van der Waals surface area contributed by atoms with Gasteiger partial charge >= 0.3 is 0 Å². The highest BCUT2D eigenvalue weighted by Crippen LogP contribution is 2.11. The molecule has 0 spiro atoms. The van der Waals surface area contributed by atoms with Crippen molar-refractivity contribution in [3.63, 3.8) is 0 Å². The van der Waals surface area contributed by atoms with E-state index in [2.05, 4.69) is 29.1 Å². The van der Waals surface area contributed by atoms with Crippen LogP contribution in [0.4, 0.5) is 0 Å². The molecule has 4 nitrogen and oxygen atoms in total. The molecule has 0 fully saturated rings. The second-order valence-corrected chi connectivity index (χ2v) is 2.97. The Kier molecular flexibility index (Phi) is 3.56. The van der Waals surface area contributed by atoms with Crippen LogP contribution >= 0.6 is 0 Å². The Balaban J connectivity index is 0.000000461. The van der Waals surface area contributed by atoms with Gasteiger partial charge in [0, 0.05) is 12.2 Å². The minimum atomic E-state index is 0.333. The maximum Gasteiger partial charge on any atom is 0.201 e. The van der Waals surface area contributed by atoms with E-state index in [1.807, 2.05) is 30.7 Å². The van der Waals surface area contributed by atoms with Crippen molar-refractivity contribution in [1.29, 1.82) is 0 Å². The molecule has 0 aliphatic rings. The monoisotopic (exact) mass is 192 g/mol. The number of hydrogen-bond acceptors (Lipinski definition) is 3. The molecule has 2 rings (SSSR count). The second kappa shape index (κ2) is 4.69. The molecule has 0 aliphatic carbocycles. The highest BCUT2D eigenvalue weighted by atomic mass is 15.4. The maximum absolute atomic E-state index is 4.09. The van der Waals surface area contributed by atoms with Gasteiger partial charge in [-0.05, 0) is 26.0 Å². The van der Waals surface area contributed by atoms with Gasteiger partial charge in [-0.3, -0.25) is 0 Å².